The molecule has 2 unspecified atom stereocenters. The molecule has 2 atom stereocenters. The first-order valence-electron chi connectivity index (χ1n) is 5.42. The molecule has 1 aromatic rings. The van der Waals surface area contributed by atoms with Crippen LogP contribution in [-0.2, 0) is 0 Å². The van der Waals surface area contributed by atoms with Crippen molar-refractivity contribution >= 4 is 0 Å². The molecule has 2 heteroatoms. The first-order valence-corrected chi connectivity index (χ1v) is 5.42. The highest BCUT2D eigenvalue weighted by Crippen LogP contribution is 2.39. The van der Waals surface area contributed by atoms with Crippen LogP contribution in [0.5, 0.6) is 5.75 Å². The molecule has 0 amide bonds. The van der Waals surface area contributed by atoms with Gasteiger partial charge in [0.05, 0.1) is 6.10 Å². The predicted octanol–water partition coefficient (Wildman–Crippen LogP) is 2.92. The molecule has 0 bridgehead atoms. The summed E-state index contributed by atoms with van der Waals surface area (Å²) in [6.07, 6.45) is 0.377. The molecule has 1 aliphatic heterocycles. The molecule has 1 N–H and O–H groups in total. The average Bonchev–Trinajstić information content (AvgIpc) is 2.16. The Morgan fingerprint density at radius 3 is 2.60 bits per heavy atom. The van der Waals surface area contributed by atoms with Gasteiger partial charge in [0, 0.05) is 12.0 Å². The fourth-order valence-corrected chi connectivity index (χ4v) is 1.92. The van der Waals surface area contributed by atoms with Crippen molar-refractivity contribution in [2.45, 2.75) is 39.4 Å². The monoisotopic (exact) mass is 206 g/mol. The van der Waals surface area contributed by atoms with E-state index in [-0.39, 0.29) is 17.6 Å². The number of fused-ring (bicyclic) bond motifs is 1. The smallest absolute Gasteiger partial charge is 0.125 e. The SMILES string of the molecule is CC(C)(C)C1CC(O)c2ccccc2O1. The van der Waals surface area contributed by atoms with Crippen LogP contribution in [0.25, 0.3) is 0 Å². The van der Waals surface area contributed by atoms with E-state index in [4.69, 9.17) is 4.74 Å². The second kappa shape index (κ2) is 3.53. The Kier molecular flexibility index (Phi) is 2.47. The Labute approximate surface area is 90.9 Å². The molecule has 2 rings (SSSR count). The van der Waals surface area contributed by atoms with E-state index in [0.29, 0.717) is 6.42 Å². The summed E-state index contributed by atoms with van der Waals surface area (Å²) >= 11 is 0. The molecule has 0 aliphatic carbocycles. The largest absolute Gasteiger partial charge is 0.489 e. The van der Waals surface area contributed by atoms with Crippen molar-refractivity contribution in [2.75, 3.05) is 0 Å². The van der Waals surface area contributed by atoms with Gasteiger partial charge in [-0.15, -0.1) is 0 Å². The molecule has 2 nitrogen and oxygen atoms in total. The van der Waals surface area contributed by atoms with Crippen LogP contribution in [-0.4, -0.2) is 11.2 Å². The molecule has 0 saturated heterocycles. The summed E-state index contributed by atoms with van der Waals surface area (Å²) < 4.78 is 5.91. The maximum absolute atomic E-state index is 10.0. The first-order chi connectivity index (χ1) is 6.98. The lowest BCUT2D eigenvalue weighted by Crippen LogP contribution is -2.36. The molecule has 1 aliphatic rings. The van der Waals surface area contributed by atoms with Gasteiger partial charge in [0.1, 0.15) is 11.9 Å². The lowest BCUT2D eigenvalue weighted by molar-refractivity contribution is 0.00802. The standard InChI is InChI=1S/C13H18O2/c1-13(2,3)12-8-10(14)9-6-4-5-7-11(9)15-12/h4-7,10,12,14H,8H2,1-3H3. The van der Waals surface area contributed by atoms with Crippen LogP contribution in [0.1, 0.15) is 38.9 Å². The Balaban J connectivity index is 2.30. The van der Waals surface area contributed by atoms with E-state index < -0.39 is 0 Å². The van der Waals surface area contributed by atoms with Gasteiger partial charge in [0.15, 0.2) is 0 Å². The highest BCUT2D eigenvalue weighted by Gasteiger charge is 2.34. The summed E-state index contributed by atoms with van der Waals surface area (Å²) in [6.45, 7) is 6.41. The van der Waals surface area contributed by atoms with Crippen molar-refractivity contribution in [3.63, 3.8) is 0 Å². The van der Waals surface area contributed by atoms with Gasteiger partial charge in [-0.2, -0.15) is 0 Å². The van der Waals surface area contributed by atoms with Gasteiger partial charge in [0.25, 0.3) is 0 Å². The average molecular weight is 206 g/mol. The van der Waals surface area contributed by atoms with E-state index in [9.17, 15) is 5.11 Å². The second-order valence-corrected chi connectivity index (χ2v) is 5.26. The van der Waals surface area contributed by atoms with Gasteiger partial charge < -0.3 is 9.84 Å². The van der Waals surface area contributed by atoms with Crippen LogP contribution < -0.4 is 4.74 Å². The maximum atomic E-state index is 10.0. The molecule has 0 radical (unpaired) electrons. The minimum absolute atomic E-state index is 0.0640. The third-order valence-electron chi connectivity index (χ3n) is 2.95. The van der Waals surface area contributed by atoms with Crippen LogP contribution in [0.15, 0.2) is 24.3 Å². The molecule has 1 heterocycles. The Hall–Kier alpha value is -1.02. The Bertz CT molecular complexity index is 352. The third kappa shape index (κ3) is 2.00. The zero-order valence-corrected chi connectivity index (χ0v) is 9.53. The first kappa shape index (κ1) is 10.5. The number of ether oxygens (including phenoxy) is 1. The number of benzene rings is 1. The summed E-state index contributed by atoms with van der Waals surface area (Å²) in [5, 5.41) is 10.0. The number of hydrogen-bond acceptors (Lipinski definition) is 2. The van der Waals surface area contributed by atoms with Gasteiger partial charge in [-0.25, -0.2) is 0 Å². The zero-order valence-electron chi connectivity index (χ0n) is 9.53. The summed E-state index contributed by atoms with van der Waals surface area (Å²) in [5.41, 5.74) is 0.979. The third-order valence-corrected chi connectivity index (χ3v) is 2.95. The van der Waals surface area contributed by atoms with Crippen LogP contribution in [0.3, 0.4) is 0 Å². The minimum atomic E-state index is -0.390. The van der Waals surface area contributed by atoms with E-state index in [1.165, 1.54) is 0 Å². The summed E-state index contributed by atoms with van der Waals surface area (Å²) in [4.78, 5) is 0. The lowest BCUT2D eigenvalue weighted by Gasteiger charge is -2.37. The van der Waals surface area contributed by atoms with Crippen LogP contribution in [0, 0.1) is 5.41 Å². The van der Waals surface area contributed by atoms with Gasteiger partial charge in [0.2, 0.25) is 0 Å². The van der Waals surface area contributed by atoms with E-state index >= 15 is 0 Å². The normalized spacial score (nSPS) is 25.6. The molecule has 0 spiro atoms. The Morgan fingerprint density at radius 2 is 1.93 bits per heavy atom. The number of aliphatic hydroxyl groups is 1. The van der Waals surface area contributed by atoms with E-state index in [1.807, 2.05) is 24.3 Å². The lowest BCUT2D eigenvalue weighted by atomic mass is 9.83. The molecule has 82 valence electrons. The number of aliphatic hydroxyl groups excluding tert-OH is 1. The van der Waals surface area contributed by atoms with Gasteiger partial charge in [-0.05, 0) is 11.5 Å². The van der Waals surface area contributed by atoms with Crippen LogP contribution in [0.2, 0.25) is 0 Å². The highest BCUT2D eigenvalue weighted by molar-refractivity contribution is 5.37. The van der Waals surface area contributed by atoms with E-state index in [1.54, 1.807) is 0 Å². The summed E-state index contributed by atoms with van der Waals surface area (Å²) in [5.74, 6) is 0.830. The fraction of sp³-hybridized carbons (Fsp3) is 0.538. The number of para-hydroxylation sites is 1. The van der Waals surface area contributed by atoms with Gasteiger partial charge in [-0.3, -0.25) is 0 Å². The molecular weight excluding hydrogens is 188 g/mol. The van der Waals surface area contributed by atoms with Crippen molar-refractivity contribution < 1.29 is 9.84 Å². The molecule has 0 fully saturated rings. The summed E-state index contributed by atoms with van der Waals surface area (Å²) in [6, 6.07) is 7.73. The minimum Gasteiger partial charge on any atom is -0.489 e. The van der Waals surface area contributed by atoms with E-state index in [0.717, 1.165) is 11.3 Å². The van der Waals surface area contributed by atoms with Crippen molar-refractivity contribution in [1.29, 1.82) is 0 Å². The van der Waals surface area contributed by atoms with Crippen molar-refractivity contribution in [3.8, 4) is 5.75 Å². The molecule has 0 aromatic heterocycles. The van der Waals surface area contributed by atoms with E-state index in [2.05, 4.69) is 20.8 Å². The molecular formula is C13H18O2. The number of rotatable bonds is 0. The summed E-state index contributed by atoms with van der Waals surface area (Å²) in [7, 11) is 0. The quantitative estimate of drug-likeness (QED) is 0.707. The van der Waals surface area contributed by atoms with Crippen molar-refractivity contribution in [2.24, 2.45) is 5.41 Å². The molecule has 1 aromatic carbocycles. The van der Waals surface area contributed by atoms with Crippen LogP contribution >= 0.6 is 0 Å². The second-order valence-electron chi connectivity index (χ2n) is 5.26. The van der Waals surface area contributed by atoms with Crippen molar-refractivity contribution in [3.05, 3.63) is 29.8 Å². The molecule has 0 saturated carbocycles. The zero-order chi connectivity index (χ0) is 11.1. The van der Waals surface area contributed by atoms with Gasteiger partial charge in [-0.1, -0.05) is 39.0 Å². The highest BCUT2D eigenvalue weighted by atomic mass is 16.5. The number of hydrogen-bond donors (Lipinski definition) is 1. The topological polar surface area (TPSA) is 29.5 Å². The molecule has 15 heavy (non-hydrogen) atoms. The van der Waals surface area contributed by atoms with Crippen LogP contribution in [0.4, 0.5) is 0 Å². The van der Waals surface area contributed by atoms with Gasteiger partial charge >= 0.3 is 0 Å². The maximum Gasteiger partial charge on any atom is 0.125 e. The van der Waals surface area contributed by atoms with Crippen molar-refractivity contribution in [1.82, 2.24) is 0 Å². The fourth-order valence-electron chi connectivity index (χ4n) is 1.92. The Morgan fingerprint density at radius 1 is 1.27 bits per heavy atom. The predicted molar refractivity (Wildman–Crippen MR) is 59.9 cm³/mol.